The van der Waals surface area contributed by atoms with Crippen molar-refractivity contribution in [2.75, 3.05) is 13.6 Å². The summed E-state index contributed by atoms with van der Waals surface area (Å²) in [7, 11) is 1.61. The maximum absolute atomic E-state index is 11.8. The van der Waals surface area contributed by atoms with Gasteiger partial charge in [-0.1, -0.05) is 54.6 Å². The Kier molecular flexibility index (Phi) is 6.02. The van der Waals surface area contributed by atoms with Gasteiger partial charge in [-0.25, -0.2) is 9.78 Å². The van der Waals surface area contributed by atoms with Crippen molar-refractivity contribution < 1.29 is 14.7 Å². The molecule has 2 heterocycles. The van der Waals surface area contributed by atoms with E-state index in [4.69, 9.17) is 4.98 Å². The molecule has 3 aromatic rings. The highest BCUT2D eigenvalue weighted by Gasteiger charge is 2.33. The number of imidazole rings is 1. The molecule has 2 amide bonds. The lowest BCUT2D eigenvalue weighted by Crippen LogP contribution is -2.30. The van der Waals surface area contributed by atoms with Crippen LogP contribution in [-0.2, 0) is 11.3 Å². The molecule has 7 nitrogen and oxygen atoms in total. The van der Waals surface area contributed by atoms with Crippen LogP contribution < -0.4 is 5.32 Å². The quantitative estimate of drug-likeness (QED) is 0.629. The fourth-order valence-electron chi connectivity index (χ4n) is 4.09. The Hall–Kier alpha value is -3.61. The zero-order chi connectivity index (χ0) is 21.8. The maximum Gasteiger partial charge on any atom is 0.407 e. The first-order chi connectivity index (χ1) is 15.1. The number of carbonyl (C=O) groups excluding carboxylic acids is 1. The van der Waals surface area contributed by atoms with Gasteiger partial charge in [-0.2, -0.15) is 0 Å². The fraction of sp³-hybridized carbons (Fsp3) is 0.292. The van der Waals surface area contributed by atoms with Crippen LogP contribution in [0.4, 0.5) is 4.79 Å². The zero-order valence-electron chi connectivity index (χ0n) is 17.5. The molecular formula is C24H26N4O3. The summed E-state index contributed by atoms with van der Waals surface area (Å²) >= 11 is 0. The lowest BCUT2D eigenvalue weighted by molar-refractivity contribution is -0.120. The van der Waals surface area contributed by atoms with Gasteiger partial charge >= 0.3 is 6.09 Å². The topological polar surface area (TPSA) is 87.5 Å². The molecule has 0 bridgehead atoms. The van der Waals surface area contributed by atoms with Gasteiger partial charge in [0.15, 0.2) is 0 Å². The molecule has 0 aliphatic carbocycles. The van der Waals surface area contributed by atoms with Crippen molar-refractivity contribution in [3.05, 3.63) is 66.6 Å². The van der Waals surface area contributed by atoms with E-state index in [1.54, 1.807) is 7.05 Å². The predicted molar refractivity (Wildman–Crippen MR) is 118 cm³/mol. The molecule has 2 N–H and O–H groups in total. The SMILES string of the molecule is CNC(=O)CCn1cc(-c2ccc(-c3ccccc3)cc2)nc1C1CCCN1C(=O)O. The summed E-state index contributed by atoms with van der Waals surface area (Å²) in [5.41, 5.74) is 4.01. The van der Waals surface area contributed by atoms with Crippen LogP contribution in [0.15, 0.2) is 60.8 Å². The number of aromatic nitrogens is 2. The van der Waals surface area contributed by atoms with Gasteiger partial charge in [0.25, 0.3) is 0 Å². The summed E-state index contributed by atoms with van der Waals surface area (Å²) in [6.45, 7) is 0.956. The van der Waals surface area contributed by atoms with E-state index in [1.807, 2.05) is 41.1 Å². The Morgan fingerprint density at radius 1 is 1.06 bits per heavy atom. The van der Waals surface area contributed by atoms with Crippen molar-refractivity contribution in [2.24, 2.45) is 0 Å². The first kappa shape index (κ1) is 20.7. The van der Waals surface area contributed by atoms with Crippen LogP contribution in [0, 0.1) is 0 Å². The summed E-state index contributed by atoms with van der Waals surface area (Å²) in [4.78, 5) is 29.7. The lowest BCUT2D eigenvalue weighted by atomic mass is 10.0. The second kappa shape index (κ2) is 9.04. The normalized spacial score (nSPS) is 15.8. The number of amides is 2. The fourth-order valence-corrected chi connectivity index (χ4v) is 4.09. The van der Waals surface area contributed by atoms with Crippen molar-refractivity contribution >= 4 is 12.0 Å². The highest BCUT2D eigenvalue weighted by atomic mass is 16.4. The largest absolute Gasteiger partial charge is 0.465 e. The number of likely N-dealkylation sites (tertiary alicyclic amines) is 1. The minimum absolute atomic E-state index is 0.0603. The molecule has 31 heavy (non-hydrogen) atoms. The van der Waals surface area contributed by atoms with E-state index in [0.29, 0.717) is 25.3 Å². The van der Waals surface area contributed by atoms with Crippen molar-refractivity contribution in [3.8, 4) is 22.4 Å². The van der Waals surface area contributed by atoms with Gasteiger partial charge < -0.3 is 15.0 Å². The summed E-state index contributed by atoms with van der Waals surface area (Å²) in [6, 6.07) is 18.1. The number of benzene rings is 2. The molecule has 1 unspecified atom stereocenters. The van der Waals surface area contributed by atoms with Crippen molar-refractivity contribution in [1.82, 2.24) is 19.8 Å². The van der Waals surface area contributed by atoms with Gasteiger partial charge in [0, 0.05) is 38.3 Å². The van der Waals surface area contributed by atoms with Crippen LogP contribution in [0.3, 0.4) is 0 Å². The Balaban J connectivity index is 1.65. The molecule has 2 aromatic carbocycles. The number of hydrogen-bond acceptors (Lipinski definition) is 3. The van der Waals surface area contributed by atoms with E-state index in [0.717, 1.165) is 35.2 Å². The minimum Gasteiger partial charge on any atom is -0.465 e. The van der Waals surface area contributed by atoms with Crippen LogP contribution in [-0.4, -0.2) is 45.2 Å². The number of carboxylic acid groups (broad SMARTS) is 1. The van der Waals surface area contributed by atoms with Crippen LogP contribution in [0.5, 0.6) is 0 Å². The van der Waals surface area contributed by atoms with Crippen LogP contribution in [0.1, 0.15) is 31.1 Å². The number of hydrogen-bond donors (Lipinski definition) is 2. The molecule has 4 rings (SSSR count). The van der Waals surface area contributed by atoms with E-state index in [1.165, 1.54) is 4.90 Å². The summed E-state index contributed by atoms with van der Waals surface area (Å²) < 4.78 is 1.93. The smallest absolute Gasteiger partial charge is 0.407 e. The maximum atomic E-state index is 11.8. The number of carbonyl (C=O) groups is 2. The van der Waals surface area contributed by atoms with E-state index in [9.17, 15) is 14.7 Å². The first-order valence-electron chi connectivity index (χ1n) is 10.5. The summed E-state index contributed by atoms with van der Waals surface area (Å²) in [5, 5.41) is 12.2. The Morgan fingerprint density at radius 3 is 2.42 bits per heavy atom. The van der Waals surface area contributed by atoms with E-state index >= 15 is 0 Å². The zero-order valence-corrected chi connectivity index (χ0v) is 17.5. The third-order valence-electron chi connectivity index (χ3n) is 5.75. The summed E-state index contributed by atoms with van der Waals surface area (Å²) in [5.74, 6) is 0.640. The molecule has 1 aromatic heterocycles. The van der Waals surface area contributed by atoms with E-state index < -0.39 is 6.09 Å². The van der Waals surface area contributed by atoms with Gasteiger partial charge in [0.05, 0.1) is 11.7 Å². The van der Waals surface area contributed by atoms with E-state index in [2.05, 4.69) is 29.6 Å². The number of nitrogens with one attached hydrogen (secondary N) is 1. The number of nitrogens with zero attached hydrogens (tertiary/aromatic N) is 3. The molecular weight excluding hydrogens is 392 g/mol. The van der Waals surface area contributed by atoms with Crippen molar-refractivity contribution in [2.45, 2.75) is 31.8 Å². The van der Waals surface area contributed by atoms with Crippen LogP contribution >= 0.6 is 0 Å². The molecule has 1 aliphatic heterocycles. The second-order valence-corrected chi connectivity index (χ2v) is 7.68. The highest BCUT2D eigenvalue weighted by molar-refractivity contribution is 5.75. The third kappa shape index (κ3) is 4.45. The van der Waals surface area contributed by atoms with Crippen molar-refractivity contribution in [3.63, 3.8) is 0 Å². The van der Waals surface area contributed by atoms with Crippen molar-refractivity contribution in [1.29, 1.82) is 0 Å². The standard InChI is InChI=1S/C24H26N4O3/c1-25-22(29)13-15-27-16-20(26-23(27)21-8-5-14-28(21)24(30)31)19-11-9-18(10-12-19)17-6-3-2-4-7-17/h2-4,6-7,9-12,16,21H,5,8,13-15H2,1H3,(H,25,29)(H,30,31). The average Bonchev–Trinajstić information content (AvgIpc) is 3.45. The van der Waals surface area contributed by atoms with Crippen LogP contribution in [0.2, 0.25) is 0 Å². The van der Waals surface area contributed by atoms with Gasteiger partial charge in [0.1, 0.15) is 5.82 Å². The summed E-state index contributed by atoms with van der Waals surface area (Å²) in [6.07, 6.45) is 2.84. The average molecular weight is 418 g/mol. The van der Waals surface area contributed by atoms with Gasteiger partial charge in [-0.3, -0.25) is 9.69 Å². The predicted octanol–water partition coefficient (Wildman–Crippen LogP) is 4.17. The third-order valence-corrected chi connectivity index (χ3v) is 5.75. The molecule has 0 radical (unpaired) electrons. The molecule has 1 atom stereocenters. The molecule has 7 heteroatoms. The second-order valence-electron chi connectivity index (χ2n) is 7.68. The minimum atomic E-state index is -0.933. The van der Waals surface area contributed by atoms with Gasteiger partial charge in [-0.05, 0) is 24.0 Å². The molecule has 1 aliphatic rings. The van der Waals surface area contributed by atoms with E-state index in [-0.39, 0.29) is 11.9 Å². The monoisotopic (exact) mass is 418 g/mol. The van der Waals surface area contributed by atoms with Gasteiger partial charge in [0.2, 0.25) is 5.91 Å². The highest BCUT2D eigenvalue weighted by Crippen LogP contribution is 2.33. The molecule has 0 saturated carbocycles. The van der Waals surface area contributed by atoms with Crippen LogP contribution in [0.25, 0.3) is 22.4 Å². The Morgan fingerprint density at radius 2 is 1.74 bits per heavy atom. The molecule has 160 valence electrons. The Bertz CT molecular complexity index is 1060. The number of rotatable bonds is 6. The molecule has 1 saturated heterocycles. The lowest BCUT2D eigenvalue weighted by Gasteiger charge is -2.21. The molecule has 1 fully saturated rings. The number of aryl methyl sites for hydroxylation is 1. The Labute approximate surface area is 181 Å². The molecule has 0 spiro atoms. The first-order valence-corrected chi connectivity index (χ1v) is 10.5. The van der Waals surface area contributed by atoms with Gasteiger partial charge in [-0.15, -0.1) is 0 Å².